The minimum absolute atomic E-state index is 0.132. The topological polar surface area (TPSA) is 79.9 Å². The first kappa shape index (κ1) is 17.9. The summed E-state index contributed by atoms with van der Waals surface area (Å²) in [6.45, 7) is 1.81. The first-order valence-corrected chi connectivity index (χ1v) is 8.79. The average molecular weight is 372 g/mol. The summed E-state index contributed by atoms with van der Waals surface area (Å²) in [6.07, 6.45) is 0. The zero-order valence-electron chi connectivity index (χ0n) is 14.2. The van der Waals surface area contributed by atoms with Crippen molar-refractivity contribution in [3.63, 3.8) is 0 Å². The molecule has 0 unspecified atom stereocenters. The first-order valence-electron chi connectivity index (χ1n) is 7.81. The third kappa shape index (κ3) is 4.40. The molecule has 8 heteroatoms. The van der Waals surface area contributed by atoms with Crippen LogP contribution in [0.25, 0.3) is 11.4 Å². The number of ether oxygens (including phenoxy) is 1. The first-order chi connectivity index (χ1) is 12.5. The molecule has 134 valence electrons. The van der Waals surface area contributed by atoms with Gasteiger partial charge in [0.25, 0.3) is 0 Å². The fourth-order valence-electron chi connectivity index (χ4n) is 2.24. The lowest BCUT2D eigenvalue weighted by molar-refractivity contribution is -0.113. The summed E-state index contributed by atoms with van der Waals surface area (Å²) in [6, 6.07) is 11.7. The molecule has 0 spiro atoms. The van der Waals surface area contributed by atoms with E-state index in [1.165, 1.54) is 23.9 Å². The number of anilines is 1. The standard InChI is InChI=1S/C18H17FN4O2S/c1-11-3-6-13(19)9-15(11)20-16(24)10-26-18-21-17(22-23-18)12-4-7-14(25-2)8-5-12/h3-9H,10H2,1-2H3,(H,20,24)(H,21,22,23). The molecule has 0 aliphatic carbocycles. The van der Waals surface area contributed by atoms with Gasteiger partial charge in [-0.3, -0.25) is 4.79 Å². The Morgan fingerprint density at radius 2 is 2.00 bits per heavy atom. The van der Waals surface area contributed by atoms with Gasteiger partial charge in [0.1, 0.15) is 11.6 Å². The van der Waals surface area contributed by atoms with E-state index in [9.17, 15) is 9.18 Å². The van der Waals surface area contributed by atoms with Crippen molar-refractivity contribution < 1.29 is 13.9 Å². The third-order valence-electron chi connectivity index (χ3n) is 3.64. The van der Waals surface area contributed by atoms with Gasteiger partial charge < -0.3 is 15.0 Å². The van der Waals surface area contributed by atoms with E-state index in [-0.39, 0.29) is 11.7 Å². The number of carbonyl (C=O) groups excluding carboxylic acids is 1. The number of H-pyrrole nitrogens is 1. The zero-order chi connectivity index (χ0) is 18.5. The maximum Gasteiger partial charge on any atom is 0.234 e. The van der Waals surface area contributed by atoms with Crippen LogP contribution in [0.1, 0.15) is 5.56 Å². The highest BCUT2D eigenvalue weighted by Gasteiger charge is 2.10. The predicted octanol–water partition coefficient (Wildman–Crippen LogP) is 3.66. The molecule has 1 aromatic heterocycles. The van der Waals surface area contributed by atoms with Gasteiger partial charge in [0.05, 0.1) is 12.9 Å². The van der Waals surface area contributed by atoms with Crippen molar-refractivity contribution in [1.29, 1.82) is 0 Å². The molecular formula is C18H17FN4O2S. The molecule has 26 heavy (non-hydrogen) atoms. The summed E-state index contributed by atoms with van der Waals surface area (Å²) >= 11 is 1.22. The summed E-state index contributed by atoms with van der Waals surface area (Å²) in [5.41, 5.74) is 2.13. The minimum Gasteiger partial charge on any atom is -0.497 e. The number of hydrogen-bond acceptors (Lipinski definition) is 5. The molecule has 3 rings (SSSR count). The van der Waals surface area contributed by atoms with Crippen LogP contribution in [0.15, 0.2) is 47.6 Å². The minimum atomic E-state index is -0.391. The number of nitrogens with zero attached hydrogens (tertiary/aromatic N) is 2. The van der Waals surface area contributed by atoms with Crippen LogP contribution in [-0.4, -0.2) is 34.0 Å². The molecule has 0 radical (unpaired) electrons. The molecule has 0 bridgehead atoms. The molecular weight excluding hydrogens is 355 g/mol. The Kier molecular flexibility index (Phi) is 5.52. The van der Waals surface area contributed by atoms with Crippen LogP contribution < -0.4 is 10.1 Å². The lowest BCUT2D eigenvalue weighted by atomic mass is 10.2. The van der Waals surface area contributed by atoms with Gasteiger partial charge in [-0.2, -0.15) is 0 Å². The summed E-state index contributed by atoms with van der Waals surface area (Å²) < 4.78 is 18.4. The molecule has 0 saturated carbocycles. The van der Waals surface area contributed by atoms with E-state index in [4.69, 9.17) is 4.74 Å². The SMILES string of the molecule is COc1ccc(-c2nnc(SCC(=O)Nc3cc(F)ccc3C)[nH]2)cc1. The Hall–Kier alpha value is -2.87. The number of benzene rings is 2. The molecule has 0 aliphatic heterocycles. The van der Waals surface area contributed by atoms with Gasteiger partial charge in [0, 0.05) is 11.3 Å². The molecule has 0 aliphatic rings. The molecule has 2 N–H and O–H groups in total. The quantitative estimate of drug-likeness (QED) is 0.646. The molecule has 0 fully saturated rings. The van der Waals surface area contributed by atoms with Gasteiger partial charge in [0.15, 0.2) is 11.0 Å². The summed E-state index contributed by atoms with van der Waals surface area (Å²) in [5, 5.41) is 11.3. The Labute approximate surface area is 154 Å². The number of amides is 1. The lowest BCUT2D eigenvalue weighted by Crippen LogP contribution is -2.15. The number of aromatic amines is 1. The van der Waals surface area contributed by atoms with Crippen molar-refractivity contribution in [3.05, 3.63) is 53.8 Å². The number of rotatable bonds is 6. The van der Waals surface area contributed by atoms with E-state index in [2.05, 4.69) is 20.5 Å². The van der Waals surface area contributed by atoms with Gasteiger partial charge in [-0.1, -0.05) is 17.8 Å². The number of methoxy groups -OCH3 is 1. The van der Waals surface area contributed by atoms with Gasteiger partial charge >= 0.3 is 0 Å². The smallest absolute Gasteiger partial charge is 0.234 e. The Morgan fingerprint density at radius 3 is 2.73 bits per heavy atom. The van der Waals surface area contributed by atoms with Crippen LogP contribution in [0.5, 0.6) is 5.75 Å². The fourth-order valence-corrected chi connectivity index (χ4v) is 2.85. The Balaban J connectivity index is 1.58. The summed E-state index contributed by atoms with van der Waals surface area (Å²) in [5.74, 6) is 0.862. The number of hydrogen-bond donors (Lipinski definition) is 2. The molecule has 0 atom stereocenters. The van der Waals surface area contributed by atoms with Crippen molar-refractivity contribution in [3.8, 4) is 17.1 Å². The number of carbonyl (C=O) groups is 1. The monoisotopic (exact) mass is 372 g/mol. The van der Waals surface area contributed by atoms with Crippen LogP contribution in [-0.2, 0) is 4.79 Å². The van der Waals surface area contributed by atoms with Crippen LogP contribution in [0.3, 0.4) is 0 Å². The molecule has 1 heterocycles. The second kappa shape index (κ2) is 8.01. The molecule has 3 aromatic rings. The predicted molar refractivity (Wildman–Crippen MR) is 98.9 cm³/mol. The van der Waals surface area contributed by atoms with E-state index < -0.39 is 5.82 Å². The number of thioether (sulfide) groups is 1. The lowest BCUT2D eigenvalue weighted by Gasteiger charge is -2.07. The summed E-state index contributed by atoms with van der Waals surface area (Å²) in [4.78, 5) is 15.1. The second-order valence-electron chi connectivity index (χ2n) is 5.50. The van der Waals surface area contributed by atoms with E-state index in [1.807, 2.05) is 24.3 Å². The van der Waals surface area contributed by atoms with Crippen molar-refractivity contribution >= 4 is 23.4 Å². The number of nitrogens with one attached hydrogen (secondary N) is 2. The Bertz CT molecular complexity index is 912. The van der Waals surface area contributed by atoms with Crippen LogP contribution in [0.4, 0.5) is 10.1 Å². The van der Waals surface area contributed by atoms with Gasteiger partial charge in [-0.25, -0.2) is 4.39 Å². The van der Waals surface area contributed by atoms with Crippen molar-refractivity contribution in [2.24, 2.45) is 0 Å². The highest BCUT2D eigenvalue weighted by atomic mass is 32.2. The van der Waals surface area contributed by atoms with Crippen molar-refractivity contribution in [2.75, 3.05) is 18.2 Å². The molecule has 6 nitrogen and oxygen atoms in total. The normalized spacial score (nSPS) is 10.6. The average Bonchev–Trinajstić information content (AvgIpc) is 3.12. The molecule has 0 saturated heterocycles. The molecule has 2 aromatic carbocycles. The van der Waals surface area contributed by atoms with E-state index >= 15 is 0 Å². The van der Waals surface area contributed by atoms with Gasteiger partial charge in [-0.15, -0.1) is 10.2 Å². The van der Waals surface area contributed by atoms with Crippen LogP contribution in [0, 0.1) is 12.7 Å². The third-order valence-corrected chi connectivity index (χ3v) is 4.51. The number of halogens is 1. The highest BCUT2D eigenvalue weighted by molar-refractivity contribution is 7.99. The maximum atomic E-state index is 13.3. The van der Waals surface area contributed by atoms with E-state index in [0.29, 0.717) is 16.7 Å². The van der Waals surface area contributed by atoms with Crippen molar-refractivity contribution in [2.45, 2.75) is 12.1 Å². The van der Waals surface area contributed by atoms with Crippen molar-refractivity contribution in [1.82, 2.24) is 15.2 Å². The highest BCUT2D eigenvalue weighted by Crippen LogP contribution is 2.22. The van der Waals surface area contributed by atoms with E-state index in [1.54, 1.807) is 20.1 Å². The number of aryl methyl sites for hydroxylation is 1. The van der Waals surface area contributed by atoms with Crippen LogP contribution >= 0.6 is 11.8 Å². The Morgan fingerprint density at radius 1 is 1.23 bits per heavy atom. The number of aromatic nitrogens is 3. The second-order valence-corrected chi connectivity index (χ2v) is 6.47. The fraction of sp³-hybridized carbons (Fsp3) is 0.167. The molecule has 1 amide bonds. The van der Waals surface area contributed by atoms with Crippen LogP contribution in [0.2, 0.25) is 0 Å². The summed E-state index contributed by atoms with van der Waals surface area (Å²) in [7, 11) is 1.61. The maximum absolute atomic E-state index is 13.3. The van der Waals surface area contributed by atoms with Gasteiger partial charge in [-0.05, 0) is 48.9 Å². The zero-order valence-corrected chi connectivity index (χ0v) is 15.1. The van der Waals surface area contributed by atoms with Gasteiger partial charge in [0.2, 0.25) is 5.91 Å². The largest absolute Gasteiger partial charge is 0.497 e. The van der Waals surface area contributed by atoms with E-state index in [0.717, 1.165) is 16.9 Å².